The molecule has 0 aliphatic carbocycles. The molecule has 2 rings (SSSR count). The maximum absolute atomic E-state index is 5.93. The predicted molar refractivity (Wildman–Crippen MR) is 100 cm³/mol. The molecule has 0 aliphatic heterocycles. The van der Waals surface area contributed by atoms with E-state index in [1.54, 1.807) is 23.5 Å². The number of hydrogen-bond donors (Lipinski definition) is 2. The number of thioether (sulfide) groups is 3. The number of nitrogens with one attached hydrogen (secondary N) is 2. The molecular weight excluding hydrogens is 354 g/mol. The Balaban J connectivity index is 1.71. The predicted octanol–water partition coefficient (Wildman–Crippen LogP) is 4.61. The topological polar surface area (TPSA) is 53.7 Å². The van der Waals surface area contributed by atoms with Crippen molar-refractivity contribution in [2.24, 2.45) is 0 Å². The van der Waals surface area contributed by atoms with E-state index in [1.807, 2.05) is 17.8 Å². The standard InChI is InChI=1S/C14H19N3OS4/c1-20-11-6-3-5-10(13(11)21-2)18-7-4-8-22-9-12-15-14(19)17-16-12/h3,5-6H,4,7-9H2,1-2H3,(H2,15,16,17,19). The average molecular weight is 374 g/mol. The third kappa shape index (κ3) is 5.26. The molecule has 0 spiro atoms. The van der Waals surface area contributed by atoms with Crippen LogP contribution in [-0.2, 0) is 5.75 Å². The molecule has 1 aromatic heterocycles. The summed E-state index contributed by atoms with van der Waals surface area (Å²) in [6, 6.07) is 6.23. The molecule has 0 fully saturated rings. The van der Waals surface area contributed by atoms with Gasteiger partial charge in [0.2, 0.25) is 0 Å². The van der Waals surface area contributed by atoms with Crippen molar-refractivity contribution in [3.05, 3.63) is 28.8 Å². The van der Waals surface area contributed by atoms with Gasteiger partial charge in [0, 0.05) is 4.90 Å². The van der Waals surface area contributed by atoms with Crippen LogP contribution in [0.3, 0.4) is 0 Å². The third-order valence-corrected chi connectivity index (χ3v) is 5.83. The Kier molecular flexibility index (Phi) is 7.71. The average Bonchev–Trinajstić information content (AvgIpc) is 2.95. The van der Waals surface area contributed by atoms with Crippen molar-refractivity contribution < 1.29 is 4.74 Å². The lowest BCUT2D eigenvalue weighted by Gasteiger charge is -2.12. The van der Waals surface area contributed by atoms with Crippen molar-refractivity contribution in [3.8, 4) is 5.75 Å². The van der Waals surface area contributed by atoms with E-state index in [9.17, 15) is 0 Å². The number of rotatable bonds is 9. The van der Waals surface area contributed by atoms with Gasteiger partial charge in [0.15, 0.2) is 4.77 Å². The number of nitrogens with zero attached hydrogens (tertiary/aromatic N) is 1. The maximum atomic E-state index is 5.93. The first-order valence-electron chi connectivity index (χ1n) is 6.79. The fraction of sp³-hybridized carbons (Fsp3) is 0.429. The van der Waals surface area contributed by atoms with Gasteiger partial charge in [-0.25, -0.2) is 0 Å². The molecule has 0 unspecified atom stereocenters. The smallest absolute Gasteiger partial charge is 0.192 e. The summed E-state index contributed by atoms with van der Waals surface area (Å²) in [5, 5.41) is 6.81. The first-order chi connectivity index (χ1) is 10.7. The first kappa shape index (κ1) is 17.8. The molecule has 0 bridgehead atoms. The largest absolute Gasteiger partial charge is 0.492 e. The molecule has 0 saturated heterocycles. The summed E-state index contributed by atoms with van der Waals surface area (Å²) < 4.78 is 6.51. The second-order valence-corrected chi connectivity index (χ2v) is 7.55. The monoisotopic (exact) mass is 373 g/mol. The molecule has 0 aliphatic rings. The van der Waals surface area contributed by atoms with Gasteiger partial charge in [-0.1, -0.05) is 6.07 Å². The Morgan fingerprint density at radius 3 is 2.82 bits per heavy atom. The second kappa shape index (κ2) is 9.54. The highest BCUT2D eigenvalue weighted by Crippen LogP contribution is 2.36. The fourth-order valence-corrected chi connectivity index (χ4v) is 4.41. The van der Waals surface area contributed by atoms with E-state index < -0.39 is 0 Å². The van der Waals surface area contributed by atoms with Crippen molar-refractivity contribution in [3.63, 3.8) is 0 Å². The highest BCUT2D eigenvalue weighted by molar-refractivity contribution is 8.01. The number of hydrogen-bond acceptors (Lipinski definition) is 6. The van der Waals surface area contributed by atoms with Gasteiger partial charge in [0.25, 0.3) is 0 Å². The van der Waals surface area contributed by atoms with Crippen molar-refractivity contribution in [1.29, 1.82) is 0 Å². The van der Waals surface area contributed by atoms with Crippen LogP contribution < -0.4 is 4.74 Å². The van der Waals surface area contributed by atoms with E-state index in [1.165, 1.54) is 9.79 Å². The van der Waals surface area contributed by atoms with Gasteiger partial charge in [0.05, 0.1) is 17.3 Å². The normalized spacial score (nSPS) is 10.8. The third-order valence-electron chi connectivity index (χ3n) is 2.85. The second-order valence-electron chi connectivity index (χ2n) is 4.37. The highest BCUT2D eigenvalue weighted by Gasteiger charge is 2.07. The van der Waals surface area contributed by atoms with Crippen molar-refractivity contribution in [2.75, 3.05) is 24.9 Å². The number of aromatic nitrogens is 3. The molecule has 1 aromatic carbocycles. The molecule has 0 radical (unpaired) electrons. The minimum atomic E-state index is 0.581. The lowest BCUT2D eigenvalue weighted by molar-refractivity contribution is 0.310. The van der Waals surface area contributed by atoms with Crippen molar-refractivity contribution in [1.82, 2.24) is 15.2 Å². The molecule has 2 N–H and O–H groups in total. The van der Waals surface area contributed by atoms with E-state index in [0.29, 0.717) is 4.77 Å². The van der Waals surface area contributed by atoms with Gasteiger partial charge in [0.1, 0.15) is 11.6 Å². The Morgan fingerprint density at radius 1 is 1.27 bits per heavy atom. The van der Waals surface area contributed by atoms with Gasteiger partial charge >= 0.3 is 0 Å². The Morgan fingerprint density at radius 2 is 2.14 bits per heavy atom. The van der Waals surface area contributed by atoms with Crippen LogP contribution in [0.5, 0.6) is 5.75 Å². The van der Waals surface area contributed by atoms with Crippen LogP contribution in [0.15, 0.2) is 28.0 Å². The molecular formula is C14H19N3OS4. The van der Waals surface area contributed by atoms with Gasteiger partial charge in [-0.3, -0.25) is 5.10 Å². The summed E-state index contributed by atoms with van der Waals surface area (Å²) >= 11 is 10.3. The molecule has 0 amide bonds. The van der Waals surface area contributed by atoms with Crippen LogP contribution in [0.25, 0.3) is 0 Å². The van der Waals surface area contributed by atoms with Crippen LogP contribution in [0, 0.1) is 4.77 Å². The molecule has 8 heteroatoms. The summed E-state index contributed by atoms with van der Waals surface area (Å²) in [6.07, 6.45) is 5.19. The van der Waals surface area contributed by atoms with E-state index in [-0.39, 0.29) is 0 Å². The van der Waals surface area contributed by atoms with Gasteiger partial charge < -0.3 is 9.72 Å². The minimum absolute atomic E-state index is 0.581. The van der Waals surface area contributed by atoms with Gasteiger partial charge in [-0.2, -0.15) is 16.9 Å². The molecule has 1 heterocycles. The molecule has 0 atom stereocenters. The zero-order chi connectivity index (χ0) is 15.8. The lowest BCUT2D eigenvalue weighted by atomic mass is 10.3. The summed E-state index contributed by atoms with van der Waals surface area (Å²) in [7, 11) is 0. The van der Waals surface area contributed by atoms with Crippen molar-refractivity contribution in [2.45, 2.75) is 22.0 Å². The van der Waals surface area contributed by atoms with E-state index in [2.05, 4.69) is 39.8 Å². The summed E-state index contributed by atoms with van der Waals surface area (Å²) in [6.45, 7) is 0.731. The van der Waals surface area contributed by atoms with Gasteiger partial charge in [-0.15, -0.1) is 23.5 Å². The zero-order valence-electron chi connectivity index (χ0n) is 12.5. The van der Waals surface area contributed by atoms with Crippen LogP contribution in [0.1, 0.15) is 12.2 Å². The van der Waals surface area contributed by atoms with Crippen LogP contribution in [0.4, 0.5) is 0 Å². The highest BCUT2D eigenvalue weighted by atomic mass is 32.2. The summed E-state index contributed by atoms with van der Waals surface area (Å²) in [4.78, 5) is 5.51. The van der Waals surface area contributed by atoms with E-state index in [0.717, 1.165) is 36.1 Å². The van der Waals surface area contributed by atoms with Crippen LogP contribution in [0.2, 0.25) is 0 Å². The lowest BCUT2D eigenvalue weighted by Crippen LogP contribution is -2.00. The van der Waals surface area contributed by atoms with Crippen LogP contribution in [-0.4, -0.2) is 40.1 Å². The minimum Gasteiger partial charge on any atom is -0.492 e. The Hall–Kier alpha value is -0.570. The quantitative estimate of drug-likeness (QED) is 0.380. The summed E-state index contributed by atoms with van der Waals surface area (Å²) in [5.41, 5.74) is 0. The van der Waals surface area contributed by atoms with E-state index >= 15 is 0 Å². The molecule has 0 saturated carbocycles. The Bertz CT molecular complexity index is 641. The molecule has 2 aromatic rings. The van der Waals surface area contributed by atoms with Gasteiger partial charge in [-0.05, 0) is 49.0 Å². The first-order valence-corrected chi connectivity index (χ1v) is 10.8. The SMILES string of the molecule is CSc1cccc(OCCCSCc2n[nH]c(=S)[nH]2)c1SC. The number of aromatic amines is 2. The Labute approximate surface area is 148 Å². The maximum Gasteiger partial charge on any atom is 0.192 e. The number of H-pyrrole nitrogens is 2. The van der Waals surface area contributed by atoms with Crippen molar-refractivity contribution >= 4 is 47.5 Å². The number of benzene rings is 1. The molecule has 4 nitrogen and oxygen atoms in total. The molecule has 22 heavy (non-hydrogen) atoms. The summed E-state index contributed by atoms with van der Waals surface area (Å²) in [5.74, 6) is 3.75. The van der Waals surface area contributed by atoms with E-state index in [4.69, 9.17) is 17.0 Å². The molecule has 120 valence electrons. The van der Waals surface area contributed by atoms with Crippen LogP contribution >= 0.6 is 47.5 Å². The zero-order valence-corrected chi connectivity index (χ0v) is 15.8. The number of ether oxygens (including phenoxy) is 1. The fourth-order valence-electron chi connectivity index (χ4n) is 1.86.